The van der Waals surface area contributed by atoms with Crippen molar-refractivity contribution in [1.82, 2.24) is 14.9 Å². The van der Waals surface area contributed by atoms with Gasteiger partial charge in [0.25, 0.3) is 0 Å². The molecule has 1 N–H and O–H groups in total. The number of rotatable bonds is 4. The first-order valence-electron chi connectivity index (χ1n) is 8.02. The maximum atomic E-state index is 14.0. The Bertz CT molecular complexity index is 811. The number of benzene rings is 1. The van der Waals surface area contributed by atoms with Gasteiger partial charge in [-0.15, -0.1) is 0 Å². The minimum Gasteiger partial charge on any atom is -0.340 e. The van der Waals surface area contributed by atoms with Crippen molar-refractivity contribution in [3.8, 4) is 0 Å². The topological polar surface area (TPSA) is 85.1 Å². The van der Waals surface area contributed by atoms with Crippen molar-refractivity contribution in [3.05, 3.63) is 41.8 Å². The number of nitrogens with one attached hydrogen (secondary N) is 1. The maximum absolute atomic E-state index is 14.0. The van der Waals surface area contributed by atoms with Gasteiger partial charge in [-0.2, -0.15) is 9.71 Å². The number of nitrogens with zero attached hydrogens (tertiary/aromatic N) is 2. The molecule has 0 radical (unpaired) electrons. The summed E-state index contributed by atoms with van der Waals surface area (Å²) in [7, 11) is -4.05. The highest BCUT2D eigenvalue weighted by atomic mass is 32.2. The van der Waals surface area contributed by atoms with Crippen molar-refractivity contribution in [1.29, 1.82) is 0 Å². The molecule has 3 rings (SSSR count). The summed E-state index contributed by atoms with van der Waals surface area (Å²) in [5, 5.41) is 3.95. The number of hydrogen-bond donors (Lipinski definition) is 1. The van der Waals surface area contributed by atoms with Gasteiger partial charge in [-0.25, -0.2) is 12.8 Å². The van der Waals surface area contributed by atoms with Gasteiger partial charge in [0.15, 0.2) is 5.82 Å². The molecule has 130 valence electrons. The molecule has 0 atom stereocenters. The van der Waals surface area contributed by atoms with Crippen molar-refractivity contribution in [2.45, 2.75) is 55.9 Å². The van der Waals surface area contributed by atoms with Crippen LogP contribution in [0, 0.1) is 12.7 Å². The third-order valence-corrected chi connectivity index (χ3v) is 5.94. The van der Waals surface area contributed by atoms with E-state index in [2.05, 4.69) is 14.9 Å². The lowest BCUT2D eigenvalue weighted by Gasteiger charge is -2.30. The highest BCUT2D eigenvalue weighted by molar-refractivity contribution is 7.89. The van der Waals surface area contributed by atoms with E-state index in [1.807, 2.05) is 0 Å². The molecule has 2 aromatic rings. The lowest BCUT2D eigenvalue weighted by Crippen LogP contribution is -2.46. The SMILES string of the molecule is Cc1nc(C2(NS(=O)(=O)c3ccccc3F)CCCCCC2)no1. The first-order chi connectivity index (χ1) is 11.4. The van der Waals surface area contributed by atoms with Crippen LogP contribution in [0.2, 0.25) is 0 Å². The summed E-state index contributed by atoms with van der Waals surface area (Å²) in [6.07, 6.45) is 4.82. The van der Waals surface area contributed by atoms with E-state index >= 15 is 0 Å². The highest BCUT2D eigenvalue weighted by Crippen LogP contribution is 2.36. The van der Waals surface area contributed by atoms with Crippen molar-refractivity contribution >= 4 is 10.0 Å². The first kappa shape index (κ1) is 17.0. The van der Waals surface area contributed by atoms with Crippen LogP contribution in [0.3, 0.4) is 0 Å². The fraction of sp³-hybridized carbons (Fsp3) is 0.500. The van der Waals surface area contributed by atoms with Crippen molar-refractivity contribution in [3.63, 3.8) is 0 Å². The molecule has 8 heteroatoms. The Labute approximate surface area is 140 Å². The molecular formula is C16H20FN3O3S. The van der Waals surface area contributed by atoms with Crippen molar-refractivity contribution < 1.29 is 17.3 Å². The lowest BCUT2D eigenvalue weighted by atomic mass is 9.91. The fourth-order valence-electron chi connectivity index (χ4n) is 3.17. The zero-order valence-corrected chi connectivity index (χ0v) is 14.3. The summed E-state index contributed by atoms with van der Waals surface area (Å²) in [4.78, 5) is 3.88. The smallest absolute Gasteiger partial charge is 0.244 e. The predicted molar refractivity (Wildman–Crippen MR) is 85.1 cm³/mol. The molecule has 1 aliphatic rings. The first-order valence-corrected chi connectivity index (χ1v) is 9.51. The predicted octanol–water partition coefficient (Wildman–Crippen LogP) is 3.05. The summed E-state index contributed by atoms with van der Waals surface area (Å²) in [5.41, 5.74) is -0.963. The van der Waals surface area contributed by atoms with Gasteiger partial charge in [0.2, 0.25) is 15.9 Å². The molecule has 1 saturated carbocycles. The Kier molecular flexibility index (Phi) is 4.69. The highest BCUT2D eigenvalue weighted by Gasteiger charge is 2.41. The molecule has 0 saturated heterocycles. The molecule has 1 fully saturated rings. The normalized spacial score (nSPS) is 18.2. The average Bonchev–Trinajstić information content (AvgIpc) is 2.84. The molecule has 1 heterocycles. The Morgan fingerprint density at radius 1 is 1.17 bits per heavy atom. The van der Waals surface area contributed by atoms with Crippen LogP contribution < -0.4 is 4.72 Å². The Balaban J connectivity index is 2.02. The van der Waals surface area contributed by atoms with Gasteiger partial charge in [-0.3, -0.25) is 0 Å². The van der Waals surface area contributed by atoms with Crippen LogP contribution >= 0.6 is 0 Å². The van der Waals surface area contributed by atoms with Gasteiger partial charge in [0, 0.05) is 6.92 Å². The van der Waals surface area contributed by atoms with E-state index in [4.69, 9.17) is 4.52 Å². The van der Waals surface area contributed by atoms with E-state index in [9.17, 15) is 12.8 Å². The number of hydrogen-bond acceptors (Lipinski definition) is 5. The van der Waals surface area contributed by atoms with Crippen LogP contribution in [0.15, 0.2) is 33.7 Å². The van der Waals surface area contributed by atoms with Gasteiger partial charge in [0.05, 0.1) is 5.54 Å². The molecule has 0 bridgehead atoms. The van der Waals surface area contributed by atoms with Crippen LogP contribution in [0.5, 0.6) is 0 Å². The Morgan fingerprint density at radius 2 is 1.83 bits per heavy atom. The zero-order chi connectivity index (χ0) is 17.2. The zero-order valence-electron chi connectivity index (χ0n) is 13.5. The second kappa shape index (κ2) is 6.60. The van der Waals surface area contributed by atoms with E-state index in [0.717, 1.165) is 31.7 Å². The minimum atomic E-state index is -4.05. The standard InChI is InChI=1S/C16H20FN3O3S/c1-12-18-15(19-23-12)16(10-6-2-3-7-11-16)20-24(21,22)14-9-5-4-8-13(14)17/h4-5,8-9,20H,2-3,6-7,10-11H2,1H3. The van der Waals surface area contributed by atoms with E-state index in [1.165, 1.54) is 18.2 Å². The van der Waals surface area contributed by atoms with Gasteiger partial charge in [-0.05, 0) is 25.0 Å². The van der Waals surface area contributed by atoms with Crippen LogP contribution in [0.1, 0.15) is 50.2 Å². The number of halogens is 1. The van der Waals surface area contributed by atoms with Gasteiger partial charge >= 0.3 is 0 Å². The molecule has 1 aliphatic carbocycles. The summed E-state index contributed by atoms with van der Waals surface area (Å²) < 4.78 is 47.3. The molecule has 1 aromatic heterocycles. The van der Waals surface area contributed by atoms with Crippen molar-refractivity contribution in [2.24, 2.45) is 0 Å². The maximum Gasteiger partial charge on any atom is 0.244 e. The summed E-state index contributed by atoms with van der Waals surface area (Å²) >= 11 is 0. The van der Waals surface area contributed by atoms with Crippen LogP contribution in [0.4, 0.5) is 4.39 Å². The van der Waals surface area contributed by atoms with Crippen LogP contribution in [0.25, 0.3) is 0 Å². The molecule has 0 amide bonds. The lowest BCUT2D eigenvalue weighted by molar-refractivity contribution is 0.301. The Morgan fingerprint density at radius 3 is 2.42 bits per heavy atom. The van der Waals surface area contributed by atoms with E-state index in [1.54, 1.807) is 6.92 Å². The van der Waals surface area contributed by atoms with Gasteiger partial charge in [0.1, 0.15) is 10.7 Å². The largest absolute Gasteiger partial charge is 0.340 e. The number of aromatic nitrogens is 2. The molecular weight excluding hydrogens is 333 g/mol. The number of aryl methyl sites for hydroxylation is 1. The third kappa shape index (κ3) is 3.34. The number of sulfonamides is 1. The molecule has 0 unspecified atom stereocenters. The summed E-state index contributed by atoms with van der Waals surface area (Å²) in [6.45, 7) is 1.66. The van der Waals surface area contributed by atoms with Crippen molar-refractivity contribution in [2.75, 3.05) is 0 Å². The fourth-order valence-corrected chi connectivity index (χ4v) is 4.67. The second-order valence-electron chi connectivity index (χ2n) is 6.17. The summed E-state index contributed by atoms with van der Waals surface area (Å²) in [6, 6.07) is 5.34. The van der Waals surface area contributed by atoms with E-state index in [-0.39, 0.29) is 4.90 Å². The molecule has 24 heavy (non-hydrogen) atoms. The van der Waals surface area contributed by atoms with Crippen LogP contribution in [-0.4, -0.2) is 18.6 Å². The average molecular weight is 353 g/mol. The minimum absolute atomic E-state index is 0.321. The van der Waals surface area contributed by atoms with E-state index in [0.29, 0.717) is 24.6 Å². The Hall–Kier alpha value is -1.80. The van der Waals surface area contributed by atoms with Gasteiger partial charge < -0.3 is 4.52 Å². The quantitative estimate of drug-likeness (QED) is 0.854. The molecule has 1 aromatic carbocycles. The van der Waals surface area contributed by atoms with E-state index < -0.39 is 21.4 Å². The monoisotopic (exact) mass is 353 g/mol. The third-order valence-electron chi connectivity index (χ3n) is 4.37. The molecule has 0 spiro atoms. The van der Waals surface area contributed by atoms with Crippen LogP contribution in [-0.2, 0) is 15.6 Å². The molecule has 6 nitrogen and oxygen atoms in total. The second-order valence-corrected chi connectivity index (χ2v) is 7.82. The van der Waals surface area contributed by atoms with Gasteiger partial charge in [-0.1, -0.05) is 43.0 Å². The summed E-state index contributed by atoms with van der Waals surface area (Å²) in [5.74, 6) is -0.0846. The molecule has 0 aliphatic heterocycles.